The third-order valence-electron chi connectivity index (χ3n) is 3.56. The number of amides is 1. The van der Waals surface area contributed by atoms with Gasteiger partial charge in [0.15, 0.2) is 0 Å². The van der Waals surface area contributed by atoms with E-state index >= 15 is 0 Å². The molecule has 21 heavy (non-hydrogen) atoms. The smallest absolute Gasteiger partial charge is 0.322 e. The molecule has 0 spiro atoms. The molecule has 1 aliphatic carbocycles. The quantitative estimate of drug-likeness (QED) is 0.723. The van der Waals surface area contributed by atoms with Crippen LogP contribution in [0.3, 0.4) is 0 Å². The second-order valence-electron chi connectivity index (χ2n) is 5.22. The van der Waals surface area contributed by atoms with E-state index in [1.165, 1.54) is 0 Å². The topological polar surface area (TPSA) is 102 Å². The summed E-state index contributed by atoms with van der Waals surface area (Å²) in [5, 5.41) is 10.9. The van der Waals surface area contributed by atoms with Crippen molar-refractivity contribution in [2.24, 2.45) is 5.73 Å². The van der Waals surface area contributed by atoms with Crippen LogP contribution in [0.5, 0.6) is 0 Å². The largest absolute Gasteiger partial charge is 0.480 e. The van der Waals surface area contributed by atoms with Crippen LogP contribution in [-0.2, 0) is 16.1 Å². The van der Waals surface area contributed by atoms with Crippen LogP contribution in [0.2, 0.25) is 0 Å². The number of aliphatic carboxylic acids is 1. The maximum absolute atomic E-state index is 11.8. The van der Waals surface area contributed by atoms with Crippen LogP contribution in [0.4, 0.5) is 0 Å². The molecule has 1 fully saturated rings. The highest BCUT2D eigenvalue weighted by Gasteiger charge is 2.24. The summed E-state index contributed by atoms with van der Waals surface area (Å²) in [6, 6.07) is 7.06. The molecule has 1 aromatic carbocycles. The number of rotatable bonds is 6. The Balaban J connectivity index is 1.91. The molecular formula is C15H20N2O4. The van der Waals surface area contributed by atoms with E-state index in [1.54, 1.807) is 18.2 Å². The van der Waals surface area contributed by atoms with Crippen molar-refractivity contribution in [3.63, 3.8) is 0 Å². The summed E-state index contributed by atoms with van der Waals surface area (Å²) in [6.45, 7) is 0.00884. The molecule has 2 atom stereocenters. The van der Waals surface area contributed by atoms with E-state index < -0.39 is 18.4 Å². The first-order valence-electron chi connectivity index (χ1n) is 7.02. The Morgan fingerprint density at radius 1 is 1.38 bits per heavy atom. The second kappa shape index (κ2) is 7.19. The summed E-state index contributed by atoms with van der Waals surface area (Å²) in [5.41, 5.74) is 7.24. The van der Waals surface area contributed by atoms with Crippen molar-refractivity contribution in [3.05, 3.63) is 35.4 Å². The molecule has 0 unspecified atom stereocenters. The highest BCUT2D eigenvalue weighted by Crippen LogP contribution is 2.21. The summed E-state index contributed by atoms with van der Waals surface area (Å²) < 4.78 is 5.78. The second-order valence-corrected chi connectivity index (χ2v) is 5.22. The van der Waals surface area contributed by atoms with Gasteiger partial charge in [0.25, 0.3) is 5.91 Å². The minimum atomic E-state index is -1.07. The Hall–Kier alpha value is -1.92. The number of nitrogens with two attached hydrogens (primary N) is 1. The van der Waals surface area contributed by atoms with Gasteiger partial charge in [-0.1, -0.05) is 12.1 Å². The average Bonchev–Trinajstić information content (AvgIpc) is 2.88. The molecule has 2 rings (SSSR count). The SMILES string of the molecule is N[C@H]1CCC[C@@H]1OCc1cccc(C(=O)NCC(=O)O)c1. The maximum atomic E-state index is 11.8. The van der Waals surface area contributed by atoms with Crippen molar-refractivity contribution < 1.29 is 19.4 Å². The molecule has 0 bridgehead atoms. The van der Waals surface area contributed by atoms with Crippen molar-refractivity contribution in [2.75, 3.05) is 6.54 Å². The van der Waals surface area contributed by atoms with Crippen molar-refractivity contribution in [2.45, 2.75) is 38.0 Å². The molecule has 1 amide bonds. The van der Waals surface area contributed by atoms with Crippen molar-refractivity contribution in [1.82, 2.24) is 5.32 Å². The van der Waals surface area contributed by atoms with Crippen LogP contribution in [-0.4, -0.2) is 35.7 Å². The molecule has 1 aliphatic rings. The lowest BCUT2D eigenvalue weighted by molar-refractivity contribution is -0.135. The van der Waals surface area contributed by atoms with Crippen molar-refractivity contribution >= 4 is 11.9 Å². The number of carbonyl (C=O) groups is 2. The summed E-state index contributed by atoms with van der Waals surface area (Å²) in [7, 11) is 0. The average molecular weight is 292 g/mol. The van der Waals surface area contributed by atoms with Gasteiger partial charge >= 0.3 is 5.97 Å². The molecule has 114 valence electrons. The van der Waals surface area contributed by atoms with E-state index in [9.17, 15) is 9.59 Å². The first-order valence-corrected chi connectivity index (χ1v) is 7.02. The highest BCUT2D eigenvalue weighted by atomic mass is 16.5. The van der Waals surface area contributed by atoms with Gasteiger partial charge in [-0.3, -0.25) is 9.59 Å². The summed E-state index contributed by atoms with van der Waals surface area (Å²) in [5.74, 6) is -1.48. The maximum Gasteiger partial charge on any atom is 0.322 e. The Kier molecular flexibility index (Phi) is 5.30. The van der Waals surface area contributed by atoms with Gasteiger partial charge in [-0.2, -0.15) is 0 Å². The molecule has 4 N–H and O–H groups in total. The number of hydrogen-bond donors (Lipinski definition) is 3. The molecular weight excluding hydrogens is 272 g/mol. The van der Waals surface area contributed by atoms with E-state index in [2.05, 4.69) is 5.32 Å². The molecule has 0 radical (unpaired) electrons. The van der Waals surface area contributed by atoms with E-state index in [4.69, 9.17) is 15.6 Å². The molecule has 1 aromatic rings. The fourth-order valence-corrected chi connectivity index (χ4v) is 2.43. The minimum Gasteiger partial charge on any atom is -0.480 e. The zero-order valence-electron chi connectivity index (χ0n) is 11.7. The van der Waals surface area contributed by atoms with Crippen molar-refractivity contribution in [1.29, 1.82) is 0 Å². The molecule has 0 saturated heterocycles. The number of ether oxygens (including phenoxy) is 1. The molecule has 6 nitrogen and oxygen atoms in total. The van der Waals surface area contributed by atoms with Gasteiger partial charge < -0.3 is 20.9 Å². The van der Waals surface area contributed by atoms with Crippen LogP contribution in [0.15, 0.2) is 24.3 Å². The standard InChI is InChI=1S/C15H20N2O4/c16-12-5-2-6-13(12)21-9-10-3-1-4-11(7-10)15(20)17-8-14(18)19/h1,3-4,7,12-13H,2,5-6,8-9,16H2,(H,17,20)(H,18,19)/t12-,13-/m0/s1. The number of carboxylic acids is 1. The lowest BCUT2D eigenvalue weighted by Gasteiger charge is -2.16. The van der Waals surface area contributed by atoms with Gasteiger partial charge in [-0.05, 0) is 37.0 Å². The molecule has 1 saturated carbocycles. The molecule has 6 heteroatoms. The predicted octanol–water partition coefficient (Wildman–Crippen LogP) is 0.897. The van der Waals surface area contributed by atoms with E-state index in [-0.39, 0.29) is 12.1 Å². The van der Waals surface area contributed by atoms with E-state index in [1.807, 2.05) is 6.07 Å². The van der Waals surface area contributed by atoms with Gasteiger partial charge in [-0.25, -0.2) is 0 Å². The normalized spacial score (nSPS) is 21.2. The van der Waals surface area contributed by atoms with Gasteiger partial charge in [0.05, 0.1) is 12.7 Å². The lowest BCUT2D eigenvalue weighted by atomic mass is 10.1. The van der Waals surface area contributed by atoms with E-state index in [0.29, 0.717) is 12.2 Å². The Morgan fingerprint density at radius 2 is 2.19 bits per heavy atom. The zero-order valence-corrected chi connectivity index (χ0v) is 11.7. The van der Waals surface area contributed by atoms with Crippen LogP contribution in [0.25, 0.3) is 0 Å². The van der Waals surface area contributed by atoms with Gasteiger partial charge in [0, 0.05) is 11.6 Å². The van der Waals surface area contributed by atoms with Gasteiger partial charge in [-0.15, -0.1) is 0 Å². The summed E-state index contributed by atoms with van der Waals surface area (Å²) in [4.78, 5) is 22.2. The first kappa shape index (κ1) is 15.5. The summed E-state index contributed by atoms with van der Waals surface area (Å²) >= 11 is 0. The molecule has 0 aromatic heterocycles. The number of carboxylic acid groups (broad SMARTS) is 1. The Morgan fingerprint density at radius 3 is 2.86 bits per heavy atom. The van der Waals surface area contributed by atoms with Crippen LogP contribution in [0.1, 0.15) is 35.2 Å². The van der Waals surface area contributed by atoms with Crippen LogP contribution in [0, 0.1) is 0 Å². The Labute approximate surface area is 123 Å². The lowest BCUT2D eigenvalue weighted by Crippen LogP contribution is -2.31. The zero-order chi connectivity index (χ0) is 15.2. The van der Waals surface area contributed by atoms with Crippen LogP contribution >= 0.6 is 0 Å². The summed E-state index contributed by atoms with van der Waals surface area (Å²) in [6.07, 6.45) is 3.13. The van der Waals surface area contributed by atoms with Crippen LogP contribution < -0.4 is 11.1 Å². The fraction of sp³-hybridized carbons (Fsp3) is 0.467. The first-order chi connectivity index (χ1) is 10.1. The highest BCUT2D eigenvalue weighted by molar-refractivity contribution is 5.95. The molecule has 0 heterocycles. The number of hydrogen-bond acceptors (Lipinski definition) is 4. The monoisotopic (exact) mass is 292 g/mol. The third-order valence-corrected chi connectivity index (χ3v) is 3.56. The number of carbonyl (C=O) groups excluding carboxylic acids is 1. The minimum absolute atomic E-state index is 0.0782. The van der Waals surface area contributed by atoms with Gasteiger partial charge in [0.2, 0.25) is 0 Å². The fourth-order valence-electron chi connectivity index (χ4n) is 2.43. The van der Waals surface area contributed by atoms with E-state index in [0.717, 1.165) is 24.8 Å². The van der Waals surface area contributed by atoms with Crippen molar-refractivity contribution in [3.8, 4) is 0 Å². The van der Waals surface area contributed by atoms with Gasteiger partial charge in [0.1, 0.15) is 6.54 Å². The third kappa shape index (κ3) is 4.54. The molecule has 0 aliphatic heterocycles. The number of benzene rings is 1. The number of nitrogens with one attached hydrogen (secondary N) is 1. The predicted molar refractivity (Wildman–Crippen MR) is 76.8 cm³/mol. The Bertz CT molecular complexity index is 518.